The van der Waals surface area contributed by atoms with Crippen molar-refractivity contribution in [1.82, 2.24) is 9.97 Å². The minimum atomic E-state index is 0.811. The van der Waals surface area contributed by atoms with E-state index in [1.54, 1.807) is 0 Å². The first kappa shape index (κ1) is 11.8. The molecule has 0 radical (unpaired) electrons. The molecule has 0 amide bonds. The van der Waals surface area contributed by atoms with Gasteiger partial charge in [-0.25, -0.2) is 9.97 Å². The molecule has 0 unspecified atom stereocenters. The van der Waals surface area contributed by atoms with Crippen molar-refractivity contribution < 1.29 is 0 Å². The van der Waals surface area contributed by atoms with Crippen molar-refractivity contribution in [3.63, 3.8) is 0 Å². The summed E-state index contributed by atoms with van der Waals surface area (Å²) in [7, 11) is 1.88. The van der Waals surface area contributed by atoms with Gasteiger partial charge >= 0.3 is 0 Å². The first-order valence-corrected chi connectivity index (χ1v) is 5.49. The monoisotopic (exact) mass is 208 g/mol. The van der Waals surface area contributed by atoms with Gasteiger partial charge in [0.2, 0.25) is 0 Å². The third-order valence-electron chi connectivity index (χ3n) is 2.28. The van der Waals surface area contributed by atoms with E-state index in [1.165, 1.54) is 0 Å². The number of hydrogen-bond acceptors (Lipinski definition) is 4. The second kappa shape index (κ2) is 5.53. The van der Waals surface area contributed by atoms with Crippen LogP contribution in [0.15, 0.2) is 6.07 Å². The molecule has 0 bridgehead atoms. The van der Waals surface area contributed by atoms with Gasteiger partial charge in [-0.15, -0.1) is 0 Å². The molecule has 0 fully saturated rings. The zero-order valence-electron chi connectivity index (χ0n) is 10.0. The topological polar surface area (TPSA) is 41.0 Å². The number of rotatable bonds is 5. The molecule has 0 atom stereocenters. The number of aryl methyl sites for hydroxylation is 1. The highest BCUT2D eigenvalue weighted by Crippen LogP contribution is 2.15. The average molecular weight is 208 g/mol. The van der Waals surface area contributed by atoms with E-state index in [1.807, 2.05) is 20.0 Å². The van der Waals surface area contributed by atoms with Crippen molar-refractivity contribution in [2.75, 3.05) is 30.4 Å². The van der Waals surface area contributed by atoms with Crippen molar-refractivity contribution >= 4 is 11.6 Å². The van der Waals surface area contributed by atoms with E-state index in [0.29, 0.717) is 0 Å². The number of anilines is 2. The molecular formula is C11H20N4. The summed E-state index contributed by atoms with van der Waals surface area (Å²) in [6, 6.07) is 1.99. The lowest BCUT2D eigenvalue weighted by molar-refractivity contribution is 0.773. The lowest BCUT2D eigenvalue weighted by Crippen LogP contribution is -2.25. The van der Waals surface area contributed by atoms with Gasteiger partial charge < -0.3 is 10.2 Å². The third-order valence-corrected chi connectivity index (χ3v) is 2.28. The second-order valence-electron chi connectivity index (χ2n) is 3.49. The molecule has 84 valence electrons. The Balaban J connectivity index is 2.95. The van der Waals surface area contributed by atoms with Crippen molar-refractivity contribution in [3.05, 3.63) is 11.9 Å². The largest absolute Gasteiger partial charge is 0.373 e. The summed E-state index contributed by atoms with van der Waals surface area (Å²) in [5, 5.41) is 3.05. The zero-order chi connectivity index (χ0) is 11.3. The summed E-state index contributed by atoms with van der Waals surface area (Å²) < 4.78 is 0. The van der Waals surface area contributed by atoms with Crippen LogP contribution in [0.5, 0.6) is 0 Å². The maximum absolute atomic E-state index is 4.45. The van der Waals surface area contributed by atoms with Gasteiger partial charge in [0, 0.05) is 26.2 Å². The van der Waals surface area contributed by atoms with Crippen molar-refractivity contribution in [3.8, 4) is 0 Å². The SMILES string of the molecule is CCCN(CC)c1cc(NC)nc(C)n1. The normalized spacial score (nSPS) is 10.1. The molecule has 1 N–H and O–H groups in total. The molecule has 0 aliphatic carbocycles. The molecule has 15 heavy (non-hydrogen) atoms. The van der Waals surface area contributed by atoms with E-state index in [-0.39, 0.29) is 0 Å². The fourth-order valence-electron chi connectivity index (χ4n) is 1.55. The van der Waals surface area contributed by atoms with Gasteiger partial charge in [0.15, 0.2) is 0 Å². The van der Waals surface area contributed by atoms with E-state index in [4.69, 9.17) is 0 Å². The van der Waals surface area contributed by atoms with Crippen LogP contribution in [0.3, 0.4) is 0 Å². The van der Waals surface area contributed by atoms with Crippen LogP contribution >= 0.6 is 0 Å². The molecule has 0 aliphatic heterocycles. The number of hydrogen-bond donors (Lipinski definition) is 1. The summed E-state index contributed by atoms with van der Waals surface area (Å²) >= 11 is 0. The van der Waals surface area contributed by atoms with E-state index in [0.717, 1.165) is 37.0 Å². The standard InChI is InChI=1S/C11H20N4/c1-5-7-15(6-2)11-8-10(12-4)13-9(3)14-11/h8H,5-7H2,1-4H3,(H,12,13,14). The molecule has 1 aromatic heterocycles. The Hall–Kier alpha value is -1.32. The molecule has 1 heterocycles. The Morgan fingerprint density at radius 1 is 1.33 bits per heavy atom. The molecule has 4 heteroatoms. The lowest BCUT2D eigenvalue weighted by Gasteiger charge is -2.21. The van der Waals surface area contributed by atoms with Crippen molar-refractivity contribution in [2.24, 2.45) is 0 Å². The maximum Gasteiger partial charge on any atom is 0.134 e. The first-order valence-electron chi connectivity index (χ1n) is 5.49. The Morgan fingerprint density at radius 3 is 2.60 bits per heavy atom. The van der Waals surface area contributed by atoms with Crippen molar-refractivity contribution in [2.45, 2.75) is 27.2 Å². The van der Waals surface area contributed by atoms with E-state index < -0.39 is 0 Å². The van der Waals surface area contributed by atoms with Crippen LogP contribution in [-0.2, 0) is 0 Å². The quantitative estimate of drug-likeness (QED) is 0.804. The van der Waals surface area contributed by atoms with E-state index >= 15 is 0 Å². The Labute approximate surface area is 91.7 Å². The molecule has 0 aliphatic rings. The smallest absolute Gasteiger partial charge is 0.134 e. The highest BCUT2D eigenvalue weighted by molar-refractivity contribution is 5.48. The number of aromatic nitrogens is 2. The molecule has 1 aromatic rings. The van der Waals surface area contributed by atoms with Crippen LogP contribution in [0.1, 0.15) is 26.1 Å². The zero-order valence-corrected chi connectivity index (χ0v) is 10.0. The number of nitrogens with one attached hydrogen (secondary N) is 1. The van der Waals surface area contributed by atoms with Gasteiger partial charge in [0.25, 0.3) is 0 Å². The van der Waals surface area contributed by atoms with Crippen LogP contribution in [0, 0.1) is 6.92 Å². The minimum absolute atomic E-state index is 0.811. The summed E-state index contributed by atoms with van der Waals surface area (Å²) in [5.41, 5.74) is 0. The lowest BCUT2D eigenvalue weighted by atomic mass is 10.3. The summed E-state index contributed by atoms with van der Waals surface area (Å²) in [6.07, 6.45) is 1.13. The molecule has 4 nitrogen and oxygen atoms in total. The Bertz CT molecular complexity index is 311. The van der Waals surface area contributed by atoms with Crippen LogP contribution in [0.25, 0.3) is 0 Å². The first-order chi connectivity index (χ1) is 7.21. The highest BCUT2D eigenvalue weighted by atomic mass is 15.2. The Morgan fingerprint density at radius 2 is 2.07 bits per heavy atom. The van der Waals surface area contributed by atoms with E-state index in [9.17, 15) is 0 Å². The van der Waals surface area contributed by atoms with Gasteiger partial charge in [-0.2, -0.15) is 0 Å². The van der Waals surface area contributed by atoms with Crippen molar-refractivity contribution in [1.29, 1.82) is 0 Å². The third kappa shape index (κ3) is 3.08. The van der Waals surface area contributed by atoms with Crippen LogP contribution in [-0.4, -0.2) is 30.1 Å². The van der Waals surface area contributed by atoms with Gasteiger partial charge in [0.1, 0.15) is 17.5 Å². The minimum Gasteiger partial charge on any atom is -0.373 e. The summed E-state index contributed by atoms with van der Waals surface area (Å²) in [4.78, 5) is 11.0. The maximum atomic E-state index is 4.45. The van der Waals surface area contributed by atoms with Gasteiger partial charge in [-0.05, 0) is 20.3 Å². The molecule has 1 rings (SSSR count). The highest BCUT2D eigenvalue weighted by Gasteiger charge is 2.07. The predicted molar refractivity (Wildman–Crippen MR) is 64.5 cm³/mol. The second-order valence-corrected chi connectivity index (χ2v) is 3.49. The molecule has 0 aromatic carbocycles. The molecular weight excluding hydrogens is 188 g/mol. The molecule has 0 spiro atoms. The Kier molecular flexibility index (Phi) is 4.34. The van der Waals surface area contributed by atoms with Gasteiger partial charge in [0.05, 0.1) is 0 Å². The fourth-order valence-corrected chi connectivity index (χ4v) is 1.55. The van der Waals surface area contributed by atoms with E-state index in [2.05, 4.69) is 34.0 Å². The molecule has 0 saturated carbocycles. The summed E-state index contributed by atoms with van der Waals surface area (Å²) in [6.45, 7) is 8.26. The fraction of sp³-hybridized carbons (Fsp3) is 0.636. The van der Waals surface area contributed by atoms with Gasteiger partial charge in [-0.3, -0.25) is 0 Å². The van der Waals surface area contributed by atoms with Crippen LogP contribution in [0.2, 0.25) is 0 Å². The van der Waals surface area contributed by atoms with Crippen LogP contribution in [0.4, 0.5) is 11.6 Å². The average Bonchev–Trinajstić information content (AvgIpc) is 2.24. The number of nitrogens with zero attached hydrogens (tertiary/aromatic N) is 3. The molecule has 0 saturated heterocycles. The van der Waals surface area contributed by atoms with Gasteiger partial charge in [-0.1, -0.05) is 6.92 Å². The summed E-state index contributed by atoms with van der Waals surface area (Å²) in [5.74, 6) is 2.70. The predicted octanol–water partition coefficient (Wildman–Crippen LogP) is 2.06. The van der Waals surface area contributed by atoms with Crippen LogP contribution < -0.4 is 10.2 Å².